The number of carbonyl (C=O) groups is 3. The number of hydrogen-bond donors (Lipinski definition) is 2. The van der Waals surface area contributed by atoms with Gasteiger partial charge in [-0.1, -0.05) is 23.2 Å². The zero-order valence-electron chi connectivity index (χ0n) is 14.0. The number of aromatic nitrogens is 1. The minimum Gasteiger partial charge on any atom is -0.452 e. The van der Waals surface area contributed by atoms with Gasteiger partial charge in [0.15, 0.2) is 12.4 Å². The molecule has 1 aliphatic rings. The first kappa shape index (κ1) is 19.5. The van der Waals surface area contributed by atoms with Crippen molar-refractivity contribution in [3.8, 4) is 0 Å². The second-order valence-electron chi connectivity index (χ2n) is 5.56. The van der Waals surface area contributed by atoms with E-state index in [0.717, 1.165) is 4.90 Å². The number of fused-ring (bicyclic) bond motifs is 1. The Morgan fingerprint density at radius 3 is 2.85 bits per heavy atom. The van der Waals surface area contributed by atoms with Crippen LogP contribution in [0.2, 0.25) is 10.0 Å². The molecule has 0 saturated carbocycles. The summed E-state index contributed by atoms with van der Waals surface area (Å²) in [6, 6.07) is 6.27. The van der Waals surface area contributed by atoms with Crippen molar-refractivity contribution in [2.45, 2.75) is 11.8 Å². The van der Waals surface area contributed by atoms with Crippen LogP contribution in [0, 0.1) is 6.92 Å². The van der Waals surface area contributed by atoms with E-state index in [1.807, 2.05) is 0 Å². The maximum Gasteiger partial charge on any atom is 0.338 e. The van der Waals surface area contributed by atoms with Gasteiger partial charge in [-0.25, -0.2) is 9.78 Å². The van der Waals surface area contributed by atoms with Gasteiger partial charge in [-0.2, -0.15) is 0 Å². The average Bonchev–Trinajstić information content (AvgIpc) is 2.63. The molecule has 0 saturated heterocycles. The standard InChI is InChI=1S/C17H13Cl2N3O4S/c1-8-10(18)5-11(19)16(20-8)22-14(23)6-26-17(25)9-2-3-13-12(4-9)21-15(24)7-27-13/h2-5H,6-7H2,1H3,(H,21,24)(H,20,22,23). The minimum absolute atomic E-state index is 0.133. The van der Waals surface area contributed by atoms with Crippen LogP contribution in [-0.4, -0.2) is 35.1 Å². The number of ether oxygens (including phenoxy) is 1. The summed E-state index contributed by atoms with van der Waals surface area (Å²) in [5, 5.41) is 5.70. The van der Waals surface area contributed by atoms with E-state index >= 15 is 0 Å². The molecule has 1 aromatic heterocycles. The van der Waals surface area contributed by atoms with Crippen molar-refractivity contribution in [1.82, 2.24) is 4.98 Å². The Morgan fingerprint density at radius 1 is 1.30 bits per heavy atom. The Balaban J connectivity index is 1.61. The summed E-state index contributed by atoms with van der Waals surface area (Å²) in [6.45, 7) is 1.15. The Bertz CT molecular complexity index is 952. The second-order valence-corrected chi connectivity index (χ2v) is 7.39. The summed E-state index contributed by atoms with van der Waals surface area (Å²) in [5.41, 5.74) is 1.27. The number of esters is 1. The molecular weight excluding hydrogens is 413 g/mol. The van der Waals surface area contributed by atoms with Crippen LogP contribution in [0.4, 0.5) is 11.5 Å². The van der Waals surface area contributed by atoms with Crippen molar-refractivity contribution in [2.24, 2.45) is 0 Å². The van der Waals surface area contributed by atoms with Gasteiger partial charge in [0.05, 0.1) is 32.7 Å². The highest BCUT2D eigenvalue weighted by atomic mass is 35.5. The number of anilines is 2. The molecule has 0 fully saturated rings. The van der Waals surface area contributed by atoms with Crippen LogP contribution in [0.15, 0.2) is 29.2 Å². The normalized spacial score (nSPS) is 12.8. The molecule has 0 unspecified atom stereocenters. The van der Waals surface area contributed by atoms with Crippen molar-refractivity contribution < 1.29 is 19.1 Å². The van der Waals surface area contributed by atoms with E-state index in [1.54, 1.807) is 19.1 Å². The number of nitrogens with one attached hydrogen (secondary N) is 2. The van der Waals surface area contributed by atoms with Crippen LogP contribution in [-0.2, 0) is 14.3 Å². The first-order chi connectivity index (χ1) is 12.8. The monoisotopic (exact) mass is 425 g/mol. The highest BCUT2D eigenvalue weighted by molar-refractivity contribution is 8.00. The summed E-state index contributed by atoms with van der Waals surface area (Å²) in [5.74, 6) is -0.962. The van der Waals surface area contributed by atoms with Crippen molar-refractivity contribution in [1.29, 1.82) is 0 Å². The molecule has 0 radical (unpaired) electrons. The number of benzene rings is 1. The van der Waals surface area contributed by atoms with Gasteiger partial charge in [-0.05, 0) is 31.2 Å². The molecule has 0 spiro atoms. The third-order valence-electron chi connectivity index (χ3n) is 3.55. The fourth-order valence-electron chi connectivity index (χ4n) is 2.24. The summed E-state index contributed by atoms with van der Waals surface area (Å²) in [6.07, 6.45) is 0. The molecule has 0 atom stereocenters. The number of halogens is 2. The van der Waals surface area contributed by atoms with Crippen molar-refractivity contribution >= 4 is 64.3 Å². The van der Waals surface area contributed by atoms with E-state index in [1.165, 1.54) is 23.9 Å². The Kier molecular flexibility index (Phi) is 5.88. The third kappa shape index (κ3) is 4.71. The predicted octanol–water partition coefficient (Wildman–Crippen LogP) is 3.54. The first-order valence-corrected chi connectivity index (χ1v) is 9.44. The number of pyridine rings is 1. The Hall–Kier alpha value is -2.29. The number of aryl methyl sites for hydroxylation is 1. The van der Waals surface area contributed by atoms with Crippen LogP contribution < -0.4 is 10.6 Å². The highest BCUT2D eigenvalue weighted by Gasteiger charge is 2.19. The number of amides is 2. The van der Waals surface area contributed by atoms with E-state index in [4.69, 9.17) is 27.9 Å². The van der Waals surface area contributed by atoms with Crippen molar-refractivity contribution in [3.63, 3.8) is 0 Å². The van der Waals surface area contributed by atoms with Crippen molar-refractivity contribution in [3.05, 3.63) is 45.6 Å². The maximum atomic E-state index is 12.2. The van der Waals surface area contributed by atoms with E-state index in [0.29, 0.717) is 22.2 Å². The quantitative estimate of drug-likeness (QED) is 0.726. The molecule has 1 aliphatic heterocycles. The molecule has 0 bridgehead atoms. The van der Waals surface area contributed by atoms with Crippen LogP contribution in [0.1, 0.15) is 16.1 Å². The van der Waals surface area contributed by atoms with E-state index in [-0.39, 0.29) is 22.3 Å². The van der Waals surface area contributed by atoms with Gasteiger partial charge < -0.3 is 15.4 Å². The molecule has 0 aliphatic carbocycles. The largest absolute Gasteiger partial charge is 0.452 e. The summed E-state index contributed by atoms with van der Waals surface area (Å²) in [4.78, 5) is 40.5. The van der Waals surface area contributed by atoms with Gasteiger partial charge in [0.25, 0.3) is 5.91 Å². The zero-order valence-corrected chi connectivity index (χ0v) is 16.3. The number of carbonyl (C=O) groups excluding carboxylic acids is 3. The molecule has 1 aromatic carbocycles. The molecule has 10 heteroatoms. The second kappa shape index (κ2) is 8.16. The van der Waals surface area contributed by atoms with Crippen LogP contribution in [0.3, 0.4) is 0 Å². The number of thioether (sulfide) groups is 1. The van der Waals surface area contributed by atoms with Crippen LogP contribution >= 0.6 is 35.0 Å². The van der Waals surface area contributed by atoms with Gasteiger partial charge >= 0.3 is 5.97 Å². The fourth-order valence-corrected chi connectivity index (χ4v) is 3.43. The lowest BCUT2D eigenvalue weighted by Gasteiger charge is -2.16. The van der Waals surface area contributed by atoms with Gasteiger partial charge in [0.2, 0.25) is 5.91 Å². The van der Waals surface area contributed by atoms with Crippen molar-refractivity contribution in [2.75, 3.05) is 23.0 Å². The molecule has 2 N–H and O–H groups in total. The smallest absolute Gasteiger partial charge is 0.338 e. The summed E-state index contributed by atoms with van der Waals surface area (Å²) >= 11 is 13.3. The van der Waals surface area contributed by atoms with Crippen LogP contribution in [0.25, 0.3) is 0 Å². The van der Waals surface area contributed by atoms with Gasteiger partial charge in [0.1, 0.15) is 0 Å². The lowest BCUT2D eigenvalue weighted by molar-refractivity contribution is -0.119. The van der Waals surface area contributed by atoms with Gasteiger partial charge in [-0.3, -0.25) is 9.59 Å². The fraction of sp³-hybridized carbons (Fsp3) is 0.176. The molecular formula is C17H13Cl2N3O4S. The lowest BCUT2D eigenvalue weighted by Crippen LogP contribution is -2.22. The minimum atomic E-state index is -0.691. The Labute approximate surface area is 168 Å². The number of hydrogen-bond acceptors (Lipinski definition) is 6. The molecule has 2 heterocycles. The van der Waals surface area contributed by atoms with E-state index < -0.39 is 18.5 Å². The predicted molar refractivity (Wildman–Crippen MR) is 104 cm³/mol. The van der Waals surface area contributed by atoms with Gasteiger partial charge in [0, 0.05) is 4.90 Å². The molecule has 3 rings (SSSR count). The van der Waals surface area contributed by atoms with Gasteiger partial charge in [-0.15, -0.1) is 11.8 Å². The topological polar surface area (TPSA) is 97.4 Å². The first-order valence-electron chi connectivity index (χ1n) is 7.70. The SMILES string of the molecule is Cc1nc(NC(=O)COC(=O)c2ccc3c(c2)NC(=O)CS3)c(Cl)cc1Cl. The van der Waals surface area contributed by atoms with E-state index in [9.17, 15) is 14.4 Å². The highest BCUT2D eigenvalue weighted by Crippen LogP contribution is 2.32. The molecule has 140 valence electrons. The Morgan fingerprint density at radius 2 is 2.07 bits per heavy atom. The molecule has 7 nitrogen and oxygen atoms in total. The summed E-state index contributed by atoms with van der Waals surface area (Å²) < 4.78 is 5.01. The van der Waals surface area contributed by atoms with Crippen LogP contribution in [0.5, 0.6) is 0 Å². The number of rotatable bonds is 4. The molecule has 2 aromatic rings. The van der Waals surface area contributed by atoms with E-state index in [2.05, 4.69) is 15.6 Å². The number of nitrogens with zero attached hydrogens (tertiary/aromatic N) is 1. The summed E-state index contributed by atoms with van der Waals surface area (Å²) in [7, 11) is 0. The molecule has 2 amide bonds. The molecule has 27 heavy (non-hydrogen) atoms. The lowest BCUT2D eigenvalue weighted by atomic mass is 10.2. The zero-order chi connectivity index (χ0) is 19.6. The maximum absolute atomic E-state index is 12.2. The third-order valence-corrected chi connectivity index (χ3v) is 5.29. The average molecular weight is 426 g/mol.